The molecule has 0 saturated heterocycles. The van der Waals surface area contributed by atoms with E-state index < -0.39 is 0 Å². The lowest BCUT2D eigenvalue weighted by Gasteiger charge is -2.20. The summed E-state index contributed by atoms with van der Waals surface area (Å²) in [5.74, 6) is 0.0863. The average molecular weight is 252 g/mol. The molecule has 13 heavy (non-hydrogen) atoms. The number of carbonyl (C=O) groups excluding carboxylic acids is 1. The first kappa shape index (κ1) is 12.9. The molecule has 0 aromatic heterocycles. The van der Waals surface area contributed by atoms with Crippen molar-refractivity contribution in [3.8, 4) is 0 Å². The van der Waals surface area contributed by atoms with E-state index in [-0.39, 0.29) is 12.5 Å². The summed E-state index contributed by atoms with van der Waals surface area (Å²) in [5, 5.41) is 0.824. The van der Waals surface area contributed by atoms with Crippen molar-refractivity contribution in [2.45, 2.75) is 20.3 Å². The highest BCUT2D eigenvalue weighted by atomic mass is 79.9. The van der Waals surface area contributed by atoms with E-state index in [1.165, 1.54) is 0 Å². The predicted molar refractivity (Wildman–Crippen MR) is 57.2 cm³/mol. The Morgan fingerprint density at radius 1 is 1.38 bits per heavy atom. The molecule has 0 aliphatic rings. The SMILES string of the molecule is CCCN(CCBr)C(=O)COCC. The van der Waals surface area contributed by atoms with Crippen molar-refractivity contribution in [3.63, 3.8) is 0 Å². The molecule has 3 nitrogen and oxygen atoms in total. The number of amides is 1. The van der Waals surface area contributed by atoms with Crippen LogP contribution in [0.4, 0.5) is 0 Å². The van der Waals surface area contributed by atoms with E-state index in [0.717, 1.165) is 24.8 Å². The Morgan fingerprint density at radius 3 is 2.54 bits per heavy atom. The van der Waals surface area contributed by atoms with Gasteiger partial charge in [0.1, 0.15) is 6.61 Å². The van der Waals surface area contributed by atoms with Gasteiger partial charge in [0, 0.05) is 25.0 Å². The summed E-state index contributed by atoms with van der Waals surface area (Å²) in [5.41, 5.74) is 0. The second kappa shape index (κ2) is 8.51. The summed E-state index contributed by atoms with van der Waals surface area (Å²) in [6.45, 7) is 6.35. The highest BCUT2D eigenvalue weighted by Crippen LogP contribution is 1.95. The zero-order valence-corrected chi connectivity index (χ0v) is 9.97. The third-order valence-corrected chi connectivity index (χ3v) is 1.98. The molecule has 0 heterocycles. The number of alkyl halides is 1. The Morgan fingerprint density at radius 2 is 2.08 bits per heavy atom. The predicted octanol–water partition coefficient (Wildman–Crippen LogP) is 1.66. The first-order valence-corrected chi connectivity index (χ1v) is 5.79. The minimum atomic E-state index is 0.0863. The van der Waals surface area contributed by atoms with Crippen LogP contribution < -0.4 is 0 Å². The second-order valence-corrected chi connectivity index (χ2v) is 3.50. The number of ether oxygens (including phenoxy) is 1. The highest BCUT2D eigenvalue weighted by Gasteiger charge is 2.10. The molecule has 0 aliphatic carbocycles. The fraction of sp³-hybridized carbons (Fsp3) is 0.889. The van der Waals surface area contributed by atoms with E-state index in [2.05, 4.69) is 22.9 Å². The van der Waals surface area contributed by atoms with Crippen LogP contribution in [0, 0.1) is 0 Å². The van der Waals surface area contributed by atoms with Gasteiger partial charge < -0.3 is 9.64 Å². The third-order valence-electron chi connectivity index (χ3n) is 1.63. The molecule has 0 bridgehead atoms. The van der Waals surface area contributed by atoms with Gasteiger partial charge in [-0.1, -0.05) is 22.9 Å². The maximum Gasteiger partial charge on any atom is 0.248 e. The van der Waals surface area contributed by atoms with Crippen molar-refractivity contribution >= 4 is 21.8 Å². The van der Waals surface area contributed by atoms with Gasteiger partial charge in [0.15, 0.2) is 0 Å². The van der Waals surface area contributed by atoms with E-state index in [4.69, 9.17) is 4.74 Å². The zero-order chi connectivity index (χ0) is 10.1. The molecule has 0 saturated carbocycles. The molecule has 0 spiro atoms. The van der Waals surface area contributed by atoms with Crippen molar-refractivity contribution in [1.82, 2.24) is 4.90 Å². The fourth-order valence-electron chi connectivity index (χ4n) is 1.01. The van der Waals surface area contributed by atoms with Crippen LogP contribution in [0.1, 0.15) is 20.3 Å². The third kappa shape index (κ3) is 6.05. The van der Waals surface area contributed by atoms with Crippen molar-refractivity contribution in [3.05, 3.63) is 0 Å². The van der Waals surface area contributed by atoms with Crippen LogP contribution in [-0.2, 0) is 9.53 Å². The Kier molecular flexibility index (Phi) is 8.45. The lowest BCUT2D eigenvalue weighted by molar-refractivity contribution is -0.135. The quantitative estimate of drug-likeness (QED) is 0.645. The van der Waals surface area contributed by atoms with Gasteiger partial charge in [0.2, 0.25) is 5.91 Å². The van der Waals surface area contributed by atoms with Crippen molar-refractivity contribution in [1.29, 1.82) is 0 Å². The Hall–Kier alpha value is -0.0900. The van der Waals surface area contributed by atoms with E-state index >= 15 is 0 Å². The number of halogens is 1. The lowest BCUT2D eigenvalue weighted by atomic mass is 10.4. The number of carbonyl (C=O) groups is 1. The second-order valence-electron chi connectivity index (χ2n) is 2.71. The van der Waals surface area contributed by atoms with Gasteiger partial charge in [-0.2, -0.15) is 0 Å². The smallest absolute Gasteiger partial charge is 0.248 e. The number of hydrogen-bond donors (Lipinski definition) is 0. The van der Waals surface area contributed by atoms with Crippen molar-refractivity contribution in [2.75, 3.05) is 31.6 Å². The molecule has 78 valence electrons. The van der Waals surface area contributed by atoms with Crippen LogP contribution in [0.3, 0.4) is 0 Å². The summed E-state index contributed by atoms with van der Waals surface area (Å²) < 4.78 is 5.06. The minimum Gasteiger partial charge on any atom is -0.372 e. The molecule has 0 fully saturated rings. The van der Waals surface area contributed by atoms with E-state index in [0.29, 0.717) is 6.61 Å². The Bertz CT molecular complexity index is 136. The molecule has 0 aromatic carbocycles. The number of nitrogens with zero attached hydrogens (tertiary/aromatic N) is 1. The molecular formula is C9H18BrNO2. The molecular weight excluding hydrogens is 234 g/mol. The fourth-order valence-corrected chi connectivity index (χ4v) is 1.44. The van der Waals surface area contributed by atoms with Gasteiger partial charge in [-0.15, -0.1) is 0 Å². The van der Waals surface area contributed by atoms with Gasteiger partial charge in [-0.25, -0.2) is 0 Å². The minimum absolute atomic E-state index is 0.0863. The lowest BCUT2D eigenvalue weighted by Crippen LogP contribution is -2.36. The Balaban J connectivity index is 3.80. The number of rotatable bonds is 7. The average Bonchev–Trinajstić information content (AvgIpc) is 2.14. The first-order valence-electron chi connectivity index (χ1n) is 4.67. The molecule has 1 amide bonds. The maximum absolute atomic E-state index is 11.5. The molecule has 4 heteroatoms. The van der Waals surface area contributed by atoms with E-state index in [1.807, 2.05) is 11.8 Å². The standard InChI is InChI=1S/C9H18BrNO2/c1-3-6-11(7-5-10)9(12)8-13-4-2/h3-8H2,1-2H3. The van der Waals surface area contributed by atoms with Crippen LogP contribution in [0.5, 0.6) is 0 Å². The van der Waals surface area contributed by atoms with Crippen LogP contribution >= 0.6 is 15.9 Å². The van der Waals surface area contributed by atoms with Gasteiger partial charge in [0.25, 0.3) is 0 Å². The van der Waals surface area contributed by atoms with Gasteiger partial charge >= 0.3 is 0 Å². The molecule has 0 atom stereocenters. The summed E-state index contributed by atoms with van der Waals surface area (Å²) in [4.78, 5) is 13.3. The largest absolute Gasteiger partial charge is 0.372 e. The van der Waals surface area contributed by atoms with Crippen LogP contribution in [0.25, 0.3) is 0 Å². The van der Waals surface area contributed by atoms with Crippen LogP contribution in [-0.4, -0.2) is 42.4 Å². The summed E-state index contributed by atoms with van der Waals surface area (Å²) in [6.07, 6.45) is 0.991. The summed E-state index contributed by atoms with van der Waals surface area (Å²) >= 11 is 3.32. The Labute approximate surface area is 88.6 Å². The molecule has 0 unspecified atom stereocenters. The highest BCUT2D eigenvalue weighted by molar-refractivity contribution is 9.09. The van der Waals surface area contributed by atoms with Gasteiger partial charge in [-0.3, -0.25) is 4.79 Å². The summed E-state index contributed by atoms with van der Waals surface area (Å²) in [6, 6.07) is 0. The molecule has 0 N–H and O–H groups in total. The maximum atomic E-state index is 11.5. The van der Waals surface area contributed by atoms with Gasteiger partial charge in [0.05, 0.1) is 0 Å². The topological polar surface area (TPSA) is 29.5 Å². The molecule has 0 aromatic rings. The van der Waals surface area contributed by atoms with Crippen molar-refractivity contribution < 1.29 is 9.53 Å². The number of hydrogen-bond acceptors (Lipinski definition) is 2. The molecule has 0 rings (SSSR count). The normalized spacial score (nSPS) is 10.1. The molecule has 0 radical (unpaired) electrons. The zero-order valence-electron chi connectivity index (χ0n) is 8.38. The first-order chi connectivity index (χ1) is 6.26. The summed E-state index contributed by atoms with van der Waals surface area (Å²) in [7, 11) is 0. The van der Waals surface area contributed by atoms with Crippen LogP contribution in [0.15, 0.2) is 0 Å². The van der Waals surface area contributed by atoms with E-state index in [9.17, 15) is 4.79 Å². The van der Waals surface area contributed by atoms with E-state index in [1.54, 1.807) is 0 Å². The van der Waals surface area contributed by atoms with Gasteiger partial charge in [-0.05, 0) is 13.3 Å². The van der Waals surface area contributed by atoms with Crippen LogP contribution in [0.2, 0.25) is 0 Å². The molecule has 0 aliphatic heterocycles. The monoisotopic (exact) mass is 251 g/mol. The van der Waals surface area contributed by atoms with Crippen molar-refractivity contribution in [2.24, 2.45) is 0 Å².